The highest BCUT2D eigenvalue weighted by molar-refractivity contribution is 7.98. The lowest BCUT2D eigenvalue weighted by Gasteiger charge is -2.12. The van der Waals surface area contributed by atoms with Crippen LogP contribution in [0.3, 0.4) is 0 Å². The summed E-state index contributed by atoms with van der Waals surface area (Å²) in [6, 6.07) is 24.3. The normalized spacial score (nSPS) is 11.0. The number of aromatic nitrogens is 3. The molecule has 0 spiro atoms. The highest BCUT2D eigenvalue weighted by Crippen LogP contribution is 2.33. The third-order valence-corrected chi connectivity index (χ3v) is 6.30. The minimum Gasteiger partial charge on any atom is -0.493 e. The van der Waals surface area contributed by atoms with Crippen molar-refractivity contribution in [2.45, 2.75) is 10.9 Å². The summed E-state index contributed by atoms with van der Waals surface area (Å²) in [5, 5.41) is 5.36. The Kier molecular flexibility index (Phi) is 6.05. The fourth-order valence-electron chi connectivity index (χ4n) is 3.66. The number of methoxy groups -OCH3 is 2. The summed E-state index contributed by atoms with van der Waals surface area (Å²) in [4.78, 5) is 18.1. The molecule has 3 aromatic carbocycles. The predicted molar refractivity (Wildman–Crippen MR) is 132 cm³/mol. The Morgan fingerprint density at radius 1 is 0.912 bits per heavy atom. The number of rotatable bonds is 7. The summed E-state index contributed by atoms with van der Waals surface area (Å²) in [5.41, 5.74) is 2.84. The van der Waals surface area contributed by atoms with E-state index in [0.717, 1.165) is 11.3 Å². The van der Waals surface area contributed by atoms with Gasteiger partial charge in [-0.25, -0.2) is 4.98 Å². The smallest absolute Gasteiger partial charge is 0.266 e. The molecule has 170 valence electrons. The van der Waals surface area contributed by atoms with E-state index in [1.165, 1.54) is 11.8 Å². The van der Waals surface area contributed by atoms with Crippen LogP contribution in [0.2, 0.25) is 0 Å². The summed E-state index contributed by atoms with van der Waals surface area (Å²) in [6.45, 7) is 0. The van der Waals surface area contributed by atoms with Gasteiger partial charge in [0.05, 0.1) is 36.6 Å². The number of thioether (sulfide) groups is 1. The van der Waals surface area contributed by atoms with Crippen molar-refractivity contribution >= 4 is 22.7 Å². The van der Waals surface area contributed by atoms with Gasteiger partial charge < -0.3 is 14.0 Å². The van der Waals surface area contributed by atoms with Crippen LogP contribution in [-0.4, -0.2) is 28.9 Å². The number of para-hydroxylation sites is 2. The van der Waals surface area contributed by atoms with Gasteiger partial charge in [-0.15, -0.1) is 0 Å². The standard InChI is InChI=1S/C26H21N3O4S/c1-31-23-13-12-17(14-24(23)32-2)22-15-19(33-28-22)16-34-26-27-21-11-7-6-10-20(21)25(30)29(26)18-8-4-3-5-9-18/h3-15H,16H2,1-2H3. The molecule has 0 aliphatic heterocycles. The van der Waals surface area contributed by atoms with Gasteiger partial charge in [0.25, 0.3) is 5.56 Å². The number of benzene rings is 3. The van der Waals surface area contributed by atoms with E-state index < -0.39 is 0 Å². The number of ether oxygens (including phenoxy) is 2. The van der Waals surface area contributed by atoms with Crippen LogP contribution in [0, 0.1) is 0 Å². The van der Waals surface area contributed by atoms with E-state index in [1.807, 2.05) is 72.8 Å². The zero-order chi connectivity index (χ0) is 23.5. The molecule has 0 unspecified atom stereocenters. The van der Waals surface area contributed by atoms with E-state index in [2.05, 4.69) is 5.16 Å². The number of hydrogen-bond acceptors (Lipinski definition) is 7. The summed E-state index contributed by atoms with van der Waals surface area (Å²) < 4.78 is 17.9. The largest absolute Gasteiger partial charge is 0.493 e. The van der Waals surface area contributed by atoms with Crippen LogP contribution in [0.15, 0.2) is 93.3 Å². The Labute approximate surface area is 200 Å². The lowest BCUT2D eigenvalue weighted by Crippen LogP contribution is -2.21. The van der Waals surface area contributed by atoms with Gasteiger partial charge in [0.1, 0.15) is 11.5 Å². The van der Waals surface area contributed by atoms with Gasteiger partial charge in [0.15, 0.2) is 16.7 Å². The van der Waals surface area contributed by atoms with Crippen LogP contribution in [0.25, 0.3) is 27.8 Å². The average Bonchev–Trinajstić information content (AvgIpc) is 3.37. The molecule has 2 aromatic heterocycles. The number of fused-ring (bicyclic) bond motifs is 1. The minimum atomic E-state index is -0.108. The van der Waals surface area contributed by atoms with E-state index in [4.69, 9.17) is 19.0 Å². The van der Waals surface area contributed by atoms with Crippen molar-refractivity contribution in [2.75, 3.05) is 14.2 Å². The maximum atomic E-state index is 13.3. The summed E-state index contributed by atoms with van der Waals surface area (Å²) in [7, 11) is 3.19. The second-order valence-electron chi connectivity index (χ2n) is 7.42. The molecular formula is C26H21N3O4S. The van der Waals surface area contributed by atoms with Crippen LogP contribution >= 0.6 is 11.8 Å². The topological polar surface area (TPSA) is 79.4 Å². The second kappa shape index (κ2) is 9.44. The summed E-state index contributed by atoms with van der Waals surface area (Å²) in [6.07, 6.45) is 0. The Morgan fingerprint density at radius 3 is 2.47 bits per heavy atom. The Hall–Kier alpha value is -4.04. The van der Waals surface area contributed by atoms with Crippen molar-refractivity contribution < 1.29 is 14.0 Å². The Bertz CT molecular complexity index is 1510. The Balaban J connectivity index is 1.46. The molecule has 2 heterocycles. The SMILES string of the molecule is COc1ccc(-c2cc(CSc3nc4ccccc4c(=O)n3-c3ccccc3)on2)cc1OC. The third-order valence-electron chi connectivity index (χ3n) is 5.34. The lowest BCUT2D eigenvalue weighted by atomic mass is 10.1. The van der Waals surface area contributed by atoms with Gasteiger partial charge in [-0.2, -0.15) is 0 Å². The van der Waals surface area contributed by atoms with Crippen LogP contribution in [0.4, 0.5) is 0 Å². The predicted octanol–water partition coefficient (Wildman–Crippen LogP) is 5.35. The van der Waals surface area contributed by atoms with Crippen LogP contribution in [0.1, 0.15) is 5.76 Å². The van der Waals surface area contributed by atoms with Crippen LogP contribution in [0.5, 0.6) is 11.5 Å². The van der Waals surface area contributed by atoms with Crippen molar-refractivity contribution in [3.8, 4) is 28.4 Å². The van der Waals surface area contributed by atoms with Gasteiger partial charge in [-0.05, 0) is 42.5 Å². The van der Waals surface area contributed by atoms with Gasteiger partial charge in [0.2, 0.25) is 0 Å². The quantitative estimate of drug-likeness (QED) is 0.234. The molecule has 8 heteroatoms. The number of hydrogen-bond donors (Lipinski definition) is 0. The molecular weight excluding hydrogens is 450 g/mol. The minimum absolute atomic E-state index is 0.108. The Morgan fingerprint density at radius 2 is 1.68 bits per heavy atom. The molecule has 0 saturated carbocycles. The van der Waals surface area contributed by atoms with E-state index in [0.29, 0.717) is 44.8 Å². The highest BCUT2D eigenvalue weighted by atomic mass is 32.2. The molecule has 0 aliphatic carbocycles. The first-order valence-electron chi connectivity index (χ1n) is 10.6. The molecule has 0 amide bonds. The molecule has 0 bridgehead atoms. The van der Waals surface area contributed by atoms with E-state index in [9.17, 15) is 4.79 Å². The fourth-order valence-corrected chi connectivity index (χ4v) is 4.55. The molecule has 5 rings (SSSR count). The van der Waals surface area contributed by atoms with E-state index >= 15 is 0 Å². The van der Waals surface area contributed by atoms with Crippen LogP contribution < -0.4 is 15.0 Å². The first-order chi connectivity index (χ1) is 16.7. The number of nitrogens with zero attached hydrogens (tertiary/aromatic N) is 3. The van der Waals surface area contributed by atoms with Crippen molar-refractivity contribution in [3.63, 3.8) is 0 Å². The first-order valence-corrected chi connectivity index (χ1v) is 11.5. The third kappa shape index (κ3) is 4.15. The fraction of sp³-hybridized carbons (Fsp3) is 0.115. The second-order valence-corrected chi connectivity index (χ2v) is 8.37. The van der Waals surface area contributed by atoms with Crippen molar-refractivity contribution in [1.82, 2.24) is 14.7 Å². The van der Waals surface area contributed by atoms with Crippen molar-refractivity contribution in [1.29, 1.82) is 0 Å². The molecule has 0 N–H and O–H groups in total. The van der Waals surface area contributed by atoms with E-state index in [1.54, 1.807) is 24.9 Å². The van der Waals surface area contributed by atoms with Gasteiger partial charge in [-0.3, -0.25) is 9.36 Å². The van der Waals surface area contributed by atoms with Crippen molar-refractivity contribution in [2.24, 2.45) is 0 Å². The molecule has 0 fully saturated rings. The molecule has 0 aliphatic rings. The van der Waals surface area contributed by atoms with Gasteiger partial charge in [-0.1, -0.05) is 47.3 Å². The maximum Gasteiger partial charge on any atom is 0.266 e. The maximum absolute atomic E-state index is 13.3. The zero-order valence-electron chi connectivity index (χ0n) is 18.6. The first kappa shape index (κ1) is 21.8. The molecule has 5 aromatic rings. The van der Waals surface area contributed by atoms with Crippen molar-refractivity contribution in [3.05, 3.63) is 95.0 Å². The van der Waals surface area contributed by atoms with Gasteiger partial charge in [0, 0.05) is 11.6 Å². The average molecular weight is 472 g/mol. The van der Waals surface area contributed by atoms with Gasteiger partial charge >= 0.3 is 0 Å². The summed E-state index contributed by atoms with van der Waals surface area (Å²) in [5.74, 6) is 2.38. The molecule has 0 saturated heterocycles. The zero-order valence-corrected chi connectivity index (χ0v) is 19.4. The monoisotopic (exact) mass is 471 g/mol. The molecule has 34 heavy (non-hydrogen) atoms. The molecule has 0 radical (unpaired) electrons. The van der Waals surface area contributed by atoms with E-state index in [-0.39, 0.29) is 5.56 Å². The molecule has 7 nitrogen and oxygen atoms in total. The molecule has 0 atom stereocenters. The summed E-state index contributed by atoms with van der Waals surface area (Å²) >= 11 is 1.42. The highest BCUT2D eigenvalue weighted by Gasteiger charge is 2.15. The van der Waals surface area contributed by atoms with Crippen LogP contribution in [-0.2, 0) is 5.75 Å². The lowest BCUT2D eigenvalue weighted by molar-refractivity contribution is 0.355.